The van der Waals surface area contributed by atoms with Gasteiger partial charge in [-0.15, -0.1) is 0 Å². The highest BCUT2D eigenvalue weighted by molar-refractivity contribution is 7.89. The molecule has 0 spiro atoms. The highest BCUT2D eigenvalue weighted by atomic mass is 32.2. The van der Waals surface area contributed by atoms with Gasteiger partial charge in [0.2, 0.25) is 20.0 Å². The summed E-state index contributed by atoms with van der Waals surface area (Å²) in [6.45, 7) is 3.81. The predicted octanol–water partition coefficient (Wildman–Crippen LogP) is 1.67. The zero-order valence-electron chi connectivity index (χ0n) is 15.9. The van der Waals surface area contributed by atoms with Gasteiger partial charge in [-0.2, -0.15) is 9.40 Å². The number of hydrogen-bond donors (Lipinski definition) is 1. The molecule has 1 aromatic carbocycles. The molecule has 0 saturated carbocycles. The number of benzene rings is 1. The normalized spacial score (nSPS) is 17.5. The van der Waals surface area contributed by atoms with E-state index in [1.54, 1.807) is 10.9 Å². The van der Waals surface area contributed by atoms with Gasteiger partial charge in [0, 0.05) is 38.6 Å². The third-order valence-corrected chi connectivity index (χ3v) is 8.12. The van der Waals surface area contributed by atoms with Crippen molar-refractivity contribution in [1.82, 2.24) is 18.8 Å². The molecule has 1 aliphatic heterocycles. The van der Waals surface area contributed by atoms with Crippen molar-refractivity contribution < 1.29 is 16.8 Å². The van der Waals surface area contributed by atoms with E-state index >= 15 is 0 Å². The monoisotopic (exact) mass is 426 g/mol. The number of aromatic nitrogens is 2. The molecule has 1 aliphatic rings. The van der Waals surface area contributed by atoms with Crippen molar-refractivity contribution in [2.45, 2.75) is 42.5 Å². The minimum atomic E-state index is -3.71. The Kier molecular flexibility index (Phi) is 6.54. The molecular formula is C18H26N4O4S2. The topological polar surface area (TPSA) is 101 Å². The quantitative estimate of drug-likeness (QED) is 0.692. The second kappa shape index (κ2) is 8.73. The third-order valence-electron chi connectivity index (χ3n) is 4.77. The first-order chi connectivity index (χ1) is 13.3. The molecule has 154 valence electrons. The van der Waals surface area contributed by atoms with Crippen molar-refractivity contribution >= 4 is 20.0 Å². The number of sulfonamides is 2. The Morgan fingerprint density at radius 1 is 1.04 bits per heavy atom. The molecule has 1 atom stereocenters. The van der Waals surface area contributed by atoms with Gasteiger partial charge in [-0.05, 0) is 49.1 Å². The molecule has 2 heterocycles. The maximum absolute atomic E-state index is 12.7. The van der Waals surface area contributed by atoms with Crippen LogP contribution in [0.4, 0.5) is 0 Å². The van der Waals surface area contributed by atoms with E-state index in [4.69, 9.17) is 0 Å². The van der Waals surface area contributed by atoms with Crippen LogP contribution in [0.15, 0.2) is 52.5 Å². The van der Waals surface area contributed by atoms with E-state index in [2.05, 4.69) is 9.82 Å². The molecule has 3 rings (SSSR count). The van der Waals surface area contributed by atoms with E-state index in [0.717, 1.165) is 19.3 Å². The second-order valence-corrected chi connectivity index (χ2v) is 10.8. The van der Waals surface area contributed by atoms with Gasteiger partial charge >= 0.3 is 0 Å². The molecule has 8 nitrogen and oxygen atoms in total. The lowest BCUT2D eigenvalue weighted by Gasteiger charge is -2.25. The molecule has 1 aromatic heterocycles. The summed E-state index contributed by atoms with van der Waals surface area (Å²) in [5.74, 6) is 0.0495. The fraction of sp³-hybridized carbons (Fsp3) is 0.500. The molecule has 1 saturated heterocycles. The fourth-order valence-electron chi connectivity index (χ4n) is 3.17. The maximum atomic E-state index is 12.7. The number of piperidine rings is 1. The molecular weight excluding hydrogens is 400 g/mol. The number of hydrogen-bond acceptors (Lipinski definition) is 5. The largest absolute Gasteiger partial charge is 0.272 e. The van der Waals surface area contributed by atoms with E-state index < -0.39 is 20.0 Å². The van der Waals surface area contributed by atoms with Crippen LogP contribution in [-0.4, -0.2) is 50.6 Å². The van der Waals surface area contributed by atoms with Crippen molar-refractivity contribution in [3.05, 3.63) is 42.7 Å². The predicted molar refractivity (Wildman–Crippen MR) is 106 cm³/mol. The van der Waals surface area contributed by atoms with Gasteiger partial charge in [0.15, 0.2) is 0 Å². The Hall–Kier alpha value is -1.75. The molecule has 1 unspecified atom stereocenters. The third kappa shape index (κ3) is 4.99. The fourth-order valence-corrected chi connectivity index (χ4v) is 5.85. The number of rotatable bonds is 8. The summed E-state index contributed by atoms with van der Waals surface area (Å²) in [5.41, 5.74) is 0. The first kappa shape index (κ1) is 21.0. The van der Waals surface area contributed by atoms with Gasteiger partial charge in [-0.3, -0.25) is 4.68 Å². The summed E-state index contributed by atoms with van der Waals surface area (Å²) in [6.07, 6.45) is 6.25. The Bertz CT molecular complexity index is 965. The molecule has 1 fully saturated rings. The summed E-state index contributed by atoms with van der Waals surface area (Å²) in [5, 5.41) is 4.11. The van der Waals surface area contributed by atoms with Gasteiger partial charge in [0.1, 0.15) is 0 Å². The van der Waals surface area contributed by atoms with E-state index in [1.165, 1.54) is 28.6 Å². The van der Waals surface area contributed by atoms with Crippen molar-refractivity contribution in [3.63, 3.8) is 0 Å². The number of nitrogens with one attached hydrogen (secondary N) is 1. The van der Waals surface area contributed by atoms with E-state index in [0.29, 0.717) is 19.6 Å². The maximum Gasteiger partial charge on any atom is 0.243 e. The van der Waals surface area contributed by atoms with Crippen LogP contribution in [0.5, 0.6) is 0 Å². The van der Waals surface area contributed by atoms with E-state index in [1.807, 2.05) is 19.2 Å². The average Bonchev–Trinajstić information content (AvgIpc) is 3.20. The Balaban J connectivity index is 1.64. The molecule has 1 N–H and O–H groups in total. The SMILES string of the molecule is CC(CNS(=O)(=O)c1ccc(S(=O)(=O)N2CCCCC2)cc1)Cn1cccn1. The van der Waals surface area contributed by atoms with Crippen LogP contribution in [0.3, 0.4) is 0 Å². The average molecular weight is 427 g/mol. The van der Waals surface area contributed by atoms with Crippen molar-refractivity contribution in [1.29, 1.82) is 0 Å². The zero-order chi connectivity index (χ0) is 20.2. The summed E-state index contributed by atoms with van der Waals surface area (Å²) in [7, 11) is -7.28. The summed E-state index contributed by atoms with van der Waals surface area (Å²) >= 11 is 0. The van der Waals surface area contributed by atoms with Crippen LogP contribution in [-0.2, 0) is 26.6 Å². The molecule has 2 aromatic rings. The Labute approximate surface area is 166 Å². The molecule has 0 bridgehead atoms. The lowest BCUT2D eigenvalue weighted by atomic mass is 10.2. The Morgan fingerprint density at radius 3 is 2.29 bits per heavy atom. The number of nitrogens with zero attached hydrogens (tertiary/aromatic N) is 3. The highest BCUT2D eigenvalue weighted by Gasteiger charge is 2.26. The molecule has 10 heteroatoms. The van der Waals surface area contributed by atoms with E-state index in [-0.39, 0.29) is 22.3 Å². The highest BCUT2D eigenvalue weighted by Crippen LogP contribution is 2.22. The van der Waals surface area contributed by atoms with Crippen LogP contribution in [0.1, 0.15) is 26.2 Å². The smallest absolute Gasteiger partial charge is 0.243 e. The summed E-state index contributed by atoms with van der Waals surface area (Å²) in [4.78, 5) is 0.178. The van der Waals surface area contributed by atoms with Crippen LogP contribution < -0.4 is 4.72 Å². The first-order valence-electron chi connectivity index (χ1n) is 9.36. The Morgan fingerprint density at radius 2 is 1.68 bits per heavy atom. The standard InChI is InChI=1S/C18H26N4O4S2/c1-16(15-21-11-5-10-19-21)14-20-27(23,24)17-6-8-18(9-7-17)28(25,26)22-12-3-2-4-13-22/h5-11,16,20H,2-4,12-15H2,1H3. The van der Waals surface area contributed by atoms with Crippen molar-refractivity contribution in [2.24, 2.45) is 5.92 Å². The van der Waals surface area contributed by atoms with Crippen LogP contribution in [0, 0.1) is 5.92 Å². The van der Waals surface area contributed by atoms with Crippen LogP contribution >= 0.6 is 0 Å². The van der Waals surface area contributed by atoms with Crippen LogP contribution in [0.2, 0.25) is 0 Å². The van der Waals surface area contributed by atoms with Crippen molar-refractivity contribution in [3.8, 4) is 0 Å². The van der Waals surface area contributed by atoms with Crippen molar-refractivity contribution in [2.75, 3.05) is 19.6 Å². The minimum Gasteiger partial charge on any atom is -0.272 e. The zero-order valence-corrected chi connectivity index (χ0v) is 17.5. The van der Waals surface area contributed by atoms with Gasteiger partial charge in [-0.25, -0.2) is 21.6 Å². The second-order valence-electron chi connectivity index (χ2n) is 7.12. The molecule has 28 heavy (non-hydrogen) atoms. The van der Waals surface area contributed by atoms with Crippen LogP contribution in [0.25, 0.3) is 0 Å². The van der Waals surface area contributed by atoms with Gasteiger partial charge in [-0.1, -0.05) is 13.3 Å². The first-order valence-corrected chi connectivity index (χ1v) is 12.3. The summed E-state index contributed by atoms with van der Waals surface area (Å²) < 4.78 is 56.1. The molecule has 0 amide bonds. The molecule has 0 radical (unpaired) electrons. The molecule has 0 aliphatic carbocycles. The van der Waals surface area contributed by atoms with Gasteiger partial charge in [0.25, 0.3) is 0 Å². The summed E-state index contributed by atoms with van der Waals surface area (Å²) in [6, 6.07) is 7.24. The van der Waals surface area contributed by atoms with E-state index in [9.17, 15) is 16.8 Å². The minimum absolute atomic E-state index is 0.0495. The lowest BCUT2D eigenvalue weighted by Crippen LogP contribution is -2.35. The van der Waals surface area contributed by atoms with Gasteiger partial charge < -0.3 is 0 Å². The lowest BCUT2D eigenvalue weighted by molar-refractivity contribution is 0.346. The van der Waals surface area contributed by atoms with Gasteiger partial charge in [0.05, 0.1) is 9.79 Å².